The number of anilines is 1. The van der Waals surface area contributed by atoms with E-state index in [1.165, 1.54) is 11.3 Å². The fourth-order valence-electron chi connectivity index (χ4n) is 2.17. The van der Waals surface area contributed by atoms with Gasteiger partial charge in [0.2, 0.25) is 0 Å². The predicted molar refractivity (Wildman–Crippen MR) is 80.3 cm³/mol. The highest BCUT2D eigenvalue weighted by Crippen LogP contribution is 2.32. The van der Waals surface area contributed by atoms with Crippen molar-refractivity contribution in [2.75, 3.05) is 11.9 Å². The molecule has 1 amide bonds. The van der Waals surface area contributed by atoms with Crippen molar-refractivity contribution in [1.82, 2.24) is 9.97 Å². The molecule has 1 fully saturated rings. The molecule has 1 aliphatic heterocycles. The Morgan fingerprint density at radius 2 is 2.30 bits per heavy atom. The molecule has 106 valence electrons. The summed E-state index contributed by atoms with van der Waals surface area (Å²) in [6.45, 7) is 4.62. The fraction of sp³-hybridized carbons (Fsp3) is 0.462. The molecule has 0 aromatic carbocycles. The van der Waals surface area contributed by atoms with E-state index in [9.17, 15) is 4.79 Å². The average molecular weight is 309 g/mol. The maximum Gasteiger partial charge on any atom is 0.255 e. The van der Waals surface area contributed by atoms with Crippen molar-refractivity contribution in [3.8, 4) is 10.6 Å². The van der Waals surface area contributed by atoms with E-state index in [0.29, 0.717) is 11.7 Å². The minimum absolute atomic E-state index is 0.0967. The van der Waals surface area contributed by atoms with Crippen molar-refractivity contribution in [1.29, 1.82) is 0 Å². The van der Waals surface area contributed by atoms with Crippen LogP contribution in [-0.2, 0) is 9.53 Å². The monoisotopic (exact) mass is 309 g/mol. The minimum Gasteiger partial charge on any atom is -0.368 e. The molecule has 2 aromatic rings. The molecule has 2 aromatic heterocycles. The van der Waals surface area contributed by atoms with Gasteiger partial charge in [0.05, 0.1) is 21.3 Å². The average Bonchev–Trinajstić information content (AvgIpc) is 3.10. The fourth-order valence-corrected chi connectivity index (χ4v) is 3.83. The summed E-state index contributed by atoms with van der Waals surface area (Å²) in [5.74, 6) is -0.0967. The van der Waals surface area contributed by atoms with E-state index in [1.54, 1.807) is 11.3 Å². The number of thiazole rings is 2. The highest BCUT2D eigenvalue weighted by atomic mass is 32.1. The van der Waals surface area contributed by atoms with Crippen LogP contribution in [-0.4, -0.2) is 28.6 Å². The Bertz CT molecular complexity index is 629. The third-order valence-corrected chi connectivity index (χ3v) is 4.95. The number of aryl methyl sites for hydroxylation is 2. The van der Waals surface area contributed by atoms with Crippen LogP contribution in [0.3, 0.4) is 0 Å². The van der Waals surface area contributed by atoms with Crippen LogP contribution in [0.4, 0.5) is 5.13 Å². The van der Waals surface area contributed by atoms with Gasteiger partial charge in [-0.15, -0.1) is 22.7 Å². The topological polar surface area (TPSA) is 64.1 Å². The molecular weight excluding hydrogens is 294 g/mol. The van der Waals surface area contributed by atoms with E-state index in [1.807, 2.05) is 19.2 Å². The number of hydrogen-bond donors (Lipinski definition) is 1. The van der Waals surface area contributed by atoms with Crippen molar-refractivity contribution >= 4 is 33.7 Å². The van der Waals surface area contributed by atoms with E-state index in [2.05, 4.69) is 15.3 Å². The largest absolute Gasteiger partial charge is 0.368 e. The van der Waals surface area contributed by atoms with Crippen molar-refractivity contribution in [2.45, 2.75) is 32.8 Å². The summed E-state index contributed by atoms with van der Waals surface area (Å²) in [6, 6.07) is 0. The first kappa shape index (κ1) is 13.7. The lowest BCUT2D eigenvalue weighted by Gasteiger charge is -2.07. The van der Waals surface area contributed by atoms with Gasteiger partial charge in [-0.3, -0.25) is 10.1 Å². The molecule has 5 nitrogen and oxygen atoms in total. The van der Waals surface area contributed by atoms with Gasteiger partial charge >= 0.3 is 0 Å². The lowest BCUT2D eigenvalue weighted by molar-refractivity contribution is -0.124. The molecule has 0 radical (unpaired) electrons. The van der Waals surface area contributed by atoms with Crippen molar-refractivity contribution in [2.24, 2.45) is 0 Å². The number of amides is 1. The molecule has 7 heteroatoms. The van der Waals surface area contributed by atoms with Gasteiger partial charge in [-0.05, 0) is 26.7 Å². The Morgan fingerprint density at radius 3 is 2.95 bits per heavy atom. The summed E-state index contributed by atoms with van der Waals surface area (Å²) < 4.78 is 5.36. The molecule has 1 unspecified atom stereocenters. The number of aromatic nitrogens is 2. The Morgan fingerprint density at radius 1 is 1.45 bits per heavy atom. The number of ether oxygens (including phenoxy) is 1. The molecule has 1 N–H and O–H groups in total. The zero-order valence-corrected chi connectivity index (χ0v) is 12.9. The van der Waals surface area contributed by atoms with Gasteiger partial charge in [-0.25, -0.2) is 9.97 Å². The quantitative estimate of drug-likeness (QED) is 0.946. The highest BCUT2D eigenvalue weighted by molar-refractivity contribution is 7.16. The molecule has 1 saturated heterocycles. The van der Waals surface area contributed by atoms with Crippen LogP contribution in [0.2, 0.25) is 0 Å². The predicted octanol–water partition coefficient (Wildman–Crippen LogP) is 3.00. The van der Waals surface area contributed by atoms with E-state index < -0.39 is 0 Å². The van der Waals surface area contributed by atoms with Gasteiger partial charge in [-0.1, -0.05) is 0 Å². The number of nitrogens with one attached hydrogen (secondary N) is 1. The van der Waals surface area contributed by atoms with Crippen LogP contribution in [0.5, 0.6) is 0 Å². The van der Waals surface area contributed by atoms with Crippen LogP contribution in [0.1, 0.15) is 23.5 Å². The maximum absolute atomic E-state index is 12.0. The summed E-state index contributed by atoms with van der Waals surface area (Å²) in [7, 11) is 0. The van der Waals surface area contributed by atoms with E-state index in [-0.39, 0.29) is 12.0 Å². The molecule has 0 bridgehead atoms. The Kier molecular flexibility index (Phi) is 3.82. The third kappa shape index (κ3) is 2.74. The SMILES string of the molecule is Cc1nc(C)c(-c2csc(NC(=O)C3CCCO3)n2)s1. The standard InChI is InChI=1S/C13H15N3O2S2/c1-7-11(20-8(2)14-7)9-6-19-13(15-9)16-12(17)10-4-3-5-18-10/h6,10H,3-5H2,1-2H3,(H,15,16,17). The molecule has 1 aliphatic rings. The lowest BCUT2D eigenvalue weighted by Crippen LogP contribution is -2.26. The first-order valence-corrected chi connectivity index (χ1v) is 8.15. The minimum atomic E-state index is -0.324. The maximum atomic E-state index is 12.0. The van der Waals surface area contributed by atoms with Crippen molar-refractivity contribution < 1.29 is 9.53 Å². The van der Waals surface area contributed by atoms with Gasteiger partial charge in [-0.2, -0.15) is 0 Å². The smallest absolute Gasteiger partial charge is 0.255 e. The first-order valence-electron chi connectivity index (χ1n) is 6.46. The lowest BCUT2D eigenvalue weighted by atomic mass is 10.2. The zero-order chi connectivity index (χ0) is 14.1. The zero-order valence-electron chi connectivity index (χ0n) is 11.3. The molecule has 20 heavy (non-hydrogen) atoms. The van der Waals surface area contributed by atoms with Crippen molar-refractivity contribution in [3.05, 3.63) is 16.1 Å². The Hall–Kier alpha value is -1.31. The van der Waals surface area contributed by atoms with Gasteiger partial charge in [0.25, 0.3) is 5.91 Å². The summed E-state index contributed by atoms with van der Waals surface area (Å²) >= 11 is 3.05. The summed E-state index contributed by atoms with van der Waals surface area (Å²) in [6.07, 6.45) is 1.41. The number of carbonyl (C=O) groups is 1. The van der Waals surface area contributed by atoms with Crippen LogP contribution in [0.25, 0.3) is 10.6 Å². The van der Waals surface area contributed by atoms with Gasteiger partial charge < -0.3 is 4.74 Å². The second kappa shape index (κ2) is 5.59. The normalized spacial score (nSPS) is 18.4. The first-order chi connectivity index (χ1) is 9.63. The summed E-state index contributed by atoms with van der Waals surface area (Å²) in [5.41, 5.74) is 1.86. The second-order valence-corrected chi connectivity index (χ2v) is 6.74. The van der Waals surface area contributed by atoms with Crippen LogP contribution in [0, 0.1) is 13.8 Å². The van der Waals surface area contributed by atoms with E-state index >= 15 is 0 Å². The molecule has 1 atom stereocenters. The van der Waals surface area contributed by atoms with Crippen LogP contribution < -0.4 is 5.32 Å². The Labute approximate surface area is 125 Å². The number of nitrogens with zero attached hydrogens (tertiary/aromatic N) is 2. The van der Waals surface area contributed by atoms with Gasteiger partial charge in [0.1, 0.15) is 6.10 Å². The van der Waals surface area contributed by atoms with Crippen LogP contribution >= 0.6 is 22.7 Å². The highest BCUT2D eigenvalue weighted by Gasteiger charge is 2.24. The molecule has 0 aliphatic carbocycles. The molecular formula is C13H15N3O2S2. The van der Waals surface area contributed by atoms with Gasteiger partial charge in [0.15, 0.2) is 5.13 Å². The van der Waals surface area contributed by atoms with Gasteiger partial charge in [0, 0.05) is 12.0 Å². The second-order valence-electron chi connectivity index (χ2n) is 4.68. The molecule has 3 rings (SSSR count). The van der Waals surface area contributed by atoms with Crippen molar-refractivity contribution in [3.63, 3.8) is 0 Å². The third-order valence-electron chi connectivity index (χ3n) is 3.09. The molecule has 0 spiro atoms. The number of hydrogen-bond acceptors (Lipinski definition) is 6. The van der Waals surface area contributed by atoms with E-state index in [4.69, 9.17) is 4.74 Å². The van der Waals surface area contributed by atoms with Crippen LogP contribution in [0.15, 0.2) is 5.38 Å². The molecule has 3 heterocycles. The number of carbonyl (C=O) groups excluding carboxylic acids is 1. The molecule has 0 saturated carbocycles. The summed E-state index contributed by atoms with van der Waals surface area (Å²) in [5, 5.41) is 6.42. The van der Waals surface area contributed by atoms with E-state index in [0.717, 1.165) is 34.1 Å². The summed E-state index contributed by atoms with van der Waals surface area (Å²) in [4.78, 5) is 21.9. The Balaban J connectivity index is 1.73. The number of rotatable bonds is 3.